The van der Waals surface area contributed by atoms with E-state index in [1.807, 2.05) is 19.1 Å². The molecule has 0 spiro atoms. The van der Waals surface area contributed by atoms with Gasteiger partial charge in [0.05, 0.1) is 18.4 Å². The predicted molar refractivity (Wildman–Crippen MR) is 60.7 cm³/mol. The van der Waals surface area contributed by atoms with Crippen molar-refractivity contribution in [2.45, 2.75) is 6.92 Å². The van der Waals surface area contributed by atoms with Crippen LogP contribution in [0, 0.1) is 6.92 Å². The first-order valence-corrected chi connectivity index (χ1v) is 4.76. The highest BCUT2D eigenvalue weighted by atomic mass is 16.1. The monoisotopic (exact) mass is 205 g/mol. The summed E-state index contributed by atoms with van der Waals surface area (Å²) in [5, 5.41) is 5.65. The van der Waals surface area contributed by atoms with Gasteiger partial charge in [0.25, 0.3) is 0 Å². The number of carbonyl (C=O) groups excluding carboxylic acids is 1. The third-order valence-corrected chi connectivity index (χ3v) is 1.77. The normalized spacial score (nSPS) is 9.67. The summed E-state index contributed by atoms with van der Waals surface area (Å²) >= 11 is 0. The molecule has 0 saturated heterocycles. The van der Waals surface area contributed by atoms with Gasteiger partial charge in [0.2, 0.25) is 5.91 Å². The van der Waals surface area contributed by atoms with Crippen LogP contribution in [0.3, 0.4) is 0 Å². The number of pyridine rings is 1. The van der Waals surface area contributed by atoms with Crippen molar-refractivity contribution in [3.8, 4) is 0 Å². The Labute approximate surface area is 89.4 Å². The molecule has 80 valence electrons. The fourth-order valence-electron chi connectivity index (χ4n) is 1.03. The minimum absolute atomic E-state index is 0.0810. The summed E-state index contributed by atoms with van der Waals surface area (Å²) in [5.74, 6) is -0.0810. The maximum absolute atomic E-state index is 11.3. The molecule has 0 aliphatic heterocycles. The first-order chi connectivity index (χ1) is 7.22. The van der Waals surface area contributed by atoms with E-state index >= 15 is 0 Å². The van der Waals surface area contributed by atoms with Crippen molar-refractivity contribution in [1.82, 2.24) is 10.3 Å². The Morgan fingerprint density at radius 2 is 2.40 bits per heavy atom. The number of hydrogen-bond acceptors (Lipinski definition) is 3. The van der Waals surface area contributed by atoms with Crippen LogP contribution in [0.5, 0.6) is 0 Å². The lowest BCUT2D eigenvalue weighted by Crippen LogP contribution is -2.28. The Balaban J connectivity index is 2.37. The molecule has 2 N–H and O–H groups in total. The lowest BCUT2D eigenvalue weighted by Gasteiger charge is -2.04. The lowest BCUT2D eigenvalue weighted by molar-refractivity contribution is -0.115. The van der Waals surface area contributed by atoms with E-state index in [9.17, 15) is 4.79 Å². The van der Waals surface area contributed by atoms with Crippen LogP contribution in [0.2, 0.25) is 0 Å². The van der Waals surface area contributed by atoms with Crippen molar-refractivity contribution < 1.29 is 4.79 Å². The van der Waals surface area contributed by atoms with Crippen LogP contribution in [-0.4, -0.2) is 24.0 Å². The molecule has 0 aromatic carbocycles. The summed E-state index contributed by atoms with van der Waals surface area (Å²) < 4.78 is 0. The fourth-order valence-corrected chi connectivity index (χ4v) is 1.03. The predicted octanol–water partition coefficient (Wildman–Crippen LogP) is 1.10. The summed E-state index contributed by atoms with van der Waals surface area (Å²) in [6.07, 6.45) is 3.35. The number of amides is 1. The van der Waals surface area contributed by atoms with Gasteiger partial charge in [-0.15, -0.1) is 6.58 Å². The van der Waals surface area contributed by atoms with Crippen molar-refractivity contribution in [3.63, 3.8) is 0 Å². The van der Waals surface area contributed by atoms with Crippen LogP contribution in [0.1, 0.15) is 5.69 Å². The number of hydrogen-bond donors (Lipinski definition) is 2. The number of nitrogens with zero attached hydrogens (tertiary/aromatic N) is 1. The van der Waals surface area contributed by atoms with E-state index < -0.39 is 0 Å². The van der Waals surface area contributed by atoms with Gasteiger partial charge in [-0.05, 0) is 19.1 Å². The molecule has 0 aliphatic rings. The summed E-state index contributed by atoms with van der Waals surface area (Å²) in [6, 6.07) is 3.68. The summed E-state index contributed by atoms with van der Waals surface area (Å²) in [7, 11) is 0. The van der Waals surface area contributed by atoms with Crippen LogP contribution in [0.25, 0.3) is 0 Å². The molecule has 1 rings (SSSR count). The molecule has 0 unspecified atom stereocenters. The average Bonchev–Trinajstić information content (AvgIpc) is 2.22. The van der Waals surface area contributed by atoms with Gasteiger partial charge in [-0.1, -0.05) is 6.08 Å². The zero-order valence-corrected chi connectivity index (χ0v) is 8.79. The standard InChI is InChI=1S/C11H15N3O/c1-3-6-12-8-11(15)14-10-5-4-9(2)13-7-10/h3-5,7,12H,1,6,8H2,2H3,(H,14,15). The van der Waals surface area contributed by atoms with E-state index in [-0.39, 0.29) is 12.5 Å². The van der Waals surface area contributed by atoms with Crippen molar-refractivity contribution in [1.29, 1.82) is 0 Å². The number of nitrogens with one attached hydrogen (secondary N) is 2. The van der Waals surface area contributed by atoms with Gasteiger partial charge in [0.1, 0.15) is 0 Å². The van der Waals surface area contributed by atoms with Crippen LogP contribution in [-0.2, 0) is 4.79 Å². The molecular formula is C11H15N3O. The van der Waals surface area contributed by atoms with Crippen molar-refractivity contribution in [3.05, 3.63) is 36.7 Å². The average molecular weight is 205 g/mol. The van der Waals surface area contributed by atoms with Gasteiger partial charge < -0.3 is 10.6 Å². The molecule has 0 saturated carbocycles. The third-order valence-electron chi connectivity index (χ3n) is 1.77. The van der Waals surface area contributed by atoms with Crippen molar-refractivity contribution in [2.75, 3.05) is 18.4 Å². The molecule has 4 nitrogen and oxygen atoms in total. The van der Waals surface area contributed by atoms with Crippen LogP contribution in [0.4, 0.5) is 5.69 Å². The van der Waals surface area contributed by atoms with Crippen molar-refractivity contribution >= 4 is 11.6 Å². The highest BCUT2D eigenvalue weighted by Gasteiger charge is 2.00. The second-order valence-corrected chi connectivity index (χ2v) is 3.16. The van der Waals surface area contributed by atoms with Gasteiger partial charge in [-0.2, -0.15) is 0 Å². The fraction of sp³-hybridized carbons (Fsp3) is 0.273. The number of rotatable bonds is 5. The molecule has 0 aliphatic carbocycles. The smallest absolute Gasteiger partial charge is 0.238 e. The second-order valence-electron chi connectivity index (χ2n) is 3.16. The van der Waals surface area contributed by atoms with Gasteiger partial charge in [-0.3, -0.25) is 9.78 Å². The van der Waals surface area contributed by atoms with Gasteiger partial charge >= 0.3 is 0 Å². The molecule has 0 radical (unpaired) electrons. The molecule has 1 aromatic heterocycles. The first-order valence-electron chi connectivity index (χ1n) is 4.76. The largest absolute Gasteiger partial charge is 0.324 e. The van der Waals surface area contributed by atoms with E-state index in [2.05, 4.69) is 22.2 Å². The van der Waals surface area contributed by atoms with Crippen LogP contribution >= 0.6 is 0 Å². The molecule has 15 heavy (non-hydrogen) atoms. The molecule has 1 aromatic rings. The van der Waals surface area contributed by atoms with Gasteiger partial charge in [0, 0.05) is 12.2 Å². The quantitative estimate of drug-likeness (QED) is 0.559. The number of aryl methyl sites for hydroxylation is 1. The summed E-state index contributed by atoms with van der Waals surface area (Å²) in [4.78, 5) is 15.4. The maximum atomic E-state index is 11.3. The molecule has 1 amide bonds. The van der Waals surface area contributed by atoms with Crippen molar-refractivity contribution in [2.24, 2.45) is 0 Å². The van der Waals surface area contributed by atoms with E-state index in [1.54, 1.807) is 12.3 Å². The second kappa shape index (κ2) is 5.93. The number of carbonyl (C=O) groups is 1. The molecule has 0 atom stereocenters. The molecule has 0 fully saturated rings. The Morgan fingerprint density at radius 3 is 3.00 bits per heavy atom. The van der Waals surface area contributed by atoms with Gasteiger partial charge in [-0.25, -0.2) is 0 Å². The SMILES string of the molecule is C=CCNCC(=O)Nc1ccc(C)nc1. The Hall–Kier alpha value is -1.68. The molecular weight excluding hydrogens is 190 g/mol. The Bertz CT molecular complexity index is 332. The molecule has 1 heterocycles. The van der Waals surface area contributed by atoms with E-state index in [4.69, 9.17) is 0 Å². The van der Waals surface area contributed by atoms with Crippen LogP contribution < -0.4 is 10.6 Å². The topological polar surface area (TPSA) is 54.0 Å². The minimum atomic E-state index is -0.0810. The molecule has 4 heteroatoms. The van der Waals surface area contributed by atoms with E-state index in [0.29, 0.717) is 12.2 Å². The zero-order valence-electron chi connectivity index (χ0n) is 8.79. The maximum Gasteiger partial charge on any atom is 0.238 e. The van der Waals surface area contributed by atoms with Gasteiger partial charge in [0.15, 0.2) is 0 Å². The molecule has 0 bridgehead atoms. The lowest BCUT2D eigenvalue weighted by atomic mass is 10.3. The third kappa shape index (κ3) is 4.37. The first kappa shape index (κ1) is 11.4. The van der Waals surface area contributed by atoms with E-state index in [1.165, 1.54) is 0 Å². The van der Waals surface area contributed by atoms with Crippen LogP contribution in [0.15, 0.2) is 31.0 Å². The minimum Gasteiger partial charge on any atom is -0.324 e. The Morgan fingerprint density at radius 1 is 1.60 bits per heavy atom. The number of aromatic nitrogens is 1. The van der Waals surface area contributed by atoms with E-state index in [0.717, 1.165) is 5.69 Å². The number of anilines is 1. The highest BCUT2D eigenvalue weighted by Crippen LogP contribution is 2.04. The highest BCUT2D eigenvalue weighted by molar-refractivity contribution is 5.92. The summed E-state index contributed by atoms with van der Waals surface area (Å²) in [6.45, 7) is 6.35. The Kier molecular flexibility index (Phi) is 4.50. The zero-order chi connectivity index (χ0) is 11.1. The summed E-state index contributed by atoms with van der Waals surface area (Å²) in [5.41, 5.74) is 1.64.